The maximum absolute atomic E-state index is 11.5. The standard InChI is InChI=1S/C12H15NO2Si/c1-5-4-8-9(7(3)6(5)2)11(16)10(13)12(14)15-8/h4H,13H2,1-3,16H3. The largest absolute Gasteiger partial charge is 0.421 e. The van der Waals surface area contributed by atoms with Crippen LogP contribution in [0.5, 0.6) is 0 Å². The van der Waals surface area contributed by atoms with E-state index in [9.17, 15) is 4.79 Å². The molecule has 3 nitrogen and oxygen atoms in total. The van der Waals surface area contributed by atoms with Crippen LogP contribution in [0.4, 0.5) is 5.69 Å². The average molecular weight is 233 g/mol. The van der Waals surface area contributed by atoms with Crippen molar-refractivity contribution < 1.29 is 4.42 Å². The van der Waals surface area contributed by atoms with Crippen molar-refractivity contribution in [1.82, 2.24) is 0 Å². The molecular formula is C12H15NO2Si. The Balaban J connectivity index is 3.09. The Morgan fingerprint density at radius 2 is 1.88 bits per heavy atom. The molecule has 0 aliphatic heterocycles. The van der Waals surface area contributed by atoms with Gasteiger partial charge < -0.3 is 10.2 Å². The summed E-state index contributed by atoms with van der Waals surface area (Å²) >= 11 is 0. The molecule has 2 aromatic rings. The fraction of sp³-hybridized carbons (Fsp3) is 0.250. The zero-order chi connectivity index (χ0) is 12.0. The van der Waals surface area contributed by atoms with E-state index in [0.717, 1.165) is 31.9 Å². The number of nitrogens with two attached hydrogens (primary N) is 1. The van der Waals surface area contributed by atoms with E-state index < -0.39 is 5.63 Å². The van der Waals surface area contributed by atoms with Crippen LogP contribution in [0.1, 0.15) is 16.7 Å². The third-order valence-electron chi connectivity index (χ3n) is 3.32. The van der Waals surface area contributed by atoms with Gasteiger partial charge in [0, 0.05) is 15.6 Å². The maximum Gasteiger partial charge on any atom is 0.359 e. The molecule has 4 heteroatoms. The van der Waals surface area contributed by atoms with Crippen molar-refractivity contribution in [3.05, 3.63) is 33.2 Å². The SMILES string of the molecule is Cc1cc2oc(=O)c(N)c([SiH3])c2c(C)c1C. The van der Waals surface area contributed by atoms with Gasteiger partial charge in [-0.2, -0.15) is 0 Å². The summed E-state index contributed by atoms with van der Waals surface area (Å²) in [5.41, 5.74) is 9.78. The molecule has 2 rings (SSSR count). The molecule has 1 aromatic heterocycles. The van der Waals surface area contributed by atoms with Crippen LogP contribution >= 0.6 is 0 Å². The first-order valence-corrected chi connectivity index (χ1v) is 6.23. The Morgan fingerprint density at radius 1 is 1.25 bits per heavy atom. The third-order valence-corrected chi connectivity index (χ3v) is 4.36. The molecule has 0 saturated carbocycles. The number of fused-ring (bicyclic) bond motifs is 1. The highest BCUT2D eigenvalue weighted by atomic mass is 28.1. The van der Waals surface area contributed by atoms with E-state index >= 15 is 0 Å². The number of hydrogen-bond donors (Lipinski definition) is 1. The van der Waals surface area contributed by atoms with Gasteiger partial charge in [-0.25, -0.2) is 4.79 Å². The minimum absolute atomic E-state index is 0.269. The first-order valence-electron chi connectivity index (χ1n) is 5.23. The monoisotopic (exact) mass is 233 g/mol. The highest BCUT2D eigenvalue weighted by Crippen LogP contribution is 2.22. The van der Waals surface area contributed by atoms with Gasteiger partial charge in [0.25, 0.3) is 0 Å². The normalized spacial score (nSPS) is 11.2. The van der Waals surface area contributed by atoms with Crippen molar-refractivity contribution in [3.8, 4) is 0 Å². The molecule has 2 N–H and O–H groups in total. The highest BCUT2D eigenvalue weighted by molar-refractivity contribution is 6.42. The number of nitrogen functional groups attached to an aromatic ring is 1. The minimum Gasteiger partial charge on any atom is -0.421 e. The van der Waals surface area contributed by atoms with E-state index in [-0.39, 0.29) is 5.69 Å². The van der Waals surface area contributed by atoms with Crippen molar-refractivity contribution in [2.75, 3.05) is 5.73 Å². The maximum atomic E-state index is 11.5. The predicted octanol–water partition coefficient (Wildman–Crippen LogP) is 0.291. The first kappa shape index (κ1) is 10.9. The molecule has 0 saturated heterocycles. The molecule has 0 aliphatic rings. The summed E-state index contributed by atoms with van der Waals surface area (Å²) in [6, 6.07) is 1.92. The molecule has 0 unspecified atom stereocenters. The topological polar surface area (TPSA) is 56.2 Å². The second-order valence-electron chi connectivity index (χ2n) is 4.24. The molecule has 0 amide bonds. The van der Waals surface area contributed by atoms with E-state index in [4.69, 9.17) is 10.2 Å². The van der Waals surface area contributed by atoms with Crippen molar-refractivity contribution in [3.63, 3.8) is 0 Å². The molecular weight excluding hydrogens is 218 g/mol. The van der Waals surface area contributed by atoms with Crippen LogP contribution < -0.4 is 16.5 Å². The zero-order valence-corrected chi connectivity index (χ0v) is 12.0. The van der Waals surface area contributed by atoms with Crippen molar-refractivity contribution in [2.45, 2.75) is 20.8 Å². The molecule has 1 aromatic carbocycles. The second kappa shape index (κ2) is 3.49. The van der Waals surface area contributed by atoms with Crippen LogP contribution in [0, 0.1) is 20.8 Å². The van der Waals surface area contributed by atoms with Gasteiger partial charge in [0.05, 0.1) is 0 Å². The van der Waals surface area contributed by atoms with Crippen LogP contribution in [-0.4, -0.2) is 10.2 Å². The number of anilines is 1. The minimum atomic E-state index is -0.417. The molecule has 0 aliphatic carbocycles. The van der Waals surface area contributed by atoms with Gasteiger partial charge in [0.15, 0.2) is 0 Å². The lowest BCUT2D eigenvalue weighted by Crippen LogP contribution is -2.22. The smallest absolute Gasteiger partial charge is 0.359 e. The predicted molar refractivity (Wildman–Crippen MR) is 70.7 cm³/mol. The van der Waals surface area contributed by atoms with Crippen molar-refractivity contribution in [2.24, 2.45) is 0 Å². The second-order valence-corrected chi connectivity index (χ2v) is 5.24. The summed E-state index contributed by atoms with van der Waals surface area (Å²) in [5, 5.41) is 1.97. The summed E-state index contributed by atoms with van der Waals surface area (Å²) in [5.74, 6) is 0. The van der Waals surface area contributed by atoms with E-state index in [1.807, 2.05) is 19.9 Å². The van der Waals surface area contributed by atoms with Gasteiger partial charge in [-0.3, -0.25) is 0 Å². The van der Waals surface area contributed by atoms with Gasteiger partial charge in [-0.05, 0) is 48.7 Å². The van der Waals surface area contributed by atoms with Gasteiger partial charge in [0.1, 0.15) is 11.3 Å². The van der Waals surface area contributed by atoms with E-state index in [0.29, 0.717) is 5.58 Å². The fourth-order valence-corrected chi connectivity index (χ4v) is 2.86. The first-order chi connectivity index (χ1) is 7.43. The molecule has 1 heterocycles. The van der Waals surface area contributed by atoms with Crippen molar-refractivity contribution in [1.29, 1.82) is 0 Å². The van der Waals surface area contributed by atoms with Gasteiger partial charge >= 0.3 is 5.63 Å². The summed E-state index contributed by atoms with van der Waals surface area (Å²) < 4.78 is 5.23. The summed E-state index contributed by atoms with van der Waals surface area (Å²) in [4.78, 5) is 11.5. The van der Waals surface area contributed by atoms with Crippen LogP contribution in [-0.2, 0) is 0 Å². The quantitative estimate of drug-likeness (QED) is 0.525. The molecule has 84 valence electrons. The Kier molecular flexibility index (Phi) is 2.39. The van der Waals surface area contributed by atoms with E-state index in [1.54, 1.807) is 0 Å². The van der Waals surface area contributed by atoms with E-state index in [2.05, 4.69) is 6.92 Å². The summed E-state index contributed by atoms with van der Waals surface area (Å²) in [6.45, 7) is 6.14. The third kappa shape index (κ3) is 1.37. The van der Waals surface area contributed by atoms with Gasteiger partial charge in [-0.1, -0.05) is 0 Å². The molecule has 0 bridgehead atoms. The number of rotatable bonds is 0. The Morgan fingerprint density at radius 3 is 2.50 bits per heavy atom. The summed E-state index contributed by atoms with van der Waals surface area (Å²) in [7, 11) is 0.747. The number of benzene rings is 1. The molecule has 16 heavy (non-hydrogen) atoms. The van der Waals surface area contributed by atoms with E-state index in [1.165, 1.54) is 5.56 Å². The lowest BCUT2D eigenvalue weighted by Gasteiger charge is -2.11. The number of hydrogen-bond acceptors (Lipinski definition) is 3. The van der Waals surface area contributed by atoms with Crippen LogP contribution in [0.25, 0.3) is 11.0 Å². The van der Waals surface area contributed by atoms with Crippen molar-refractivity contribution >= 4 is 32.1 Å². The van der Waals surface area contributed by atoms with Crippen LogP contribution in [0.15, 0.2) is 15.3 Å². The molecule has 0 radical (unpaired) electrons. The molecule has 0 spiro atoms. The zero-order valence-electron chi connectivity index (χ0n) is 9.97. The van der Waals surface area contributed by atoms with Crippen LogP contribution in [0.3, 0.4) is 0 Å². The van der Waals surface area contributed by atoms with Crippen LogP contribution in [0.2, 0.25) is 0 Å². The molecule has 0 fully saturated rings. The fourth-order valence-electron chi connectivity index (χ4n) is 2.03. The average Bonchev–Trinajstić information content (AvgIpc) is 2.23. The Hall–Kier alpha value is -1.55. The Bertz CT molecular complexity index is 644. The lowest BCUT2D eigenvalue weighted by molar-refractivity contribution is 0.565. The Labute approximate surface area is 96.7 Å². The van der Waals surface area contributed by atoms with Gasteiger partial charge in [-0.15, -0.1) is 0 Å². The molecule has 0 atom stereocenters. The summed E-state index contributed by atoms with van der Waals surface area (Å²) in [6.07, 6.45) is 0. The highest BCUT2D eigenvalue weighted by Gasteiger charge is 2.12. The lowest BCUT2D eigenvalue weighted by atomic mass is 10.00. The van der Waals surface area contributed by atoms with Gasteiger partial charge in [0.2, 0.25) is 0 Å². The number of aryl methyl sites for hydroxylation is 2.